The highest BCUT2D eigenvalue weighted by Crippen LogP contribution is 2.39. The molecule has 2 aromatic rings. The fourth-order valence-electron chi connectivity index (χ4n) is 4.23. The van der Waals surface area contributed by atoms with Gasteiger partial charge in [0.05, 0.1) is 6.54 Å². The summed E-state index contributed by atoms with van der Waals surface area (Å²) in [5.74, 6) is -0.362. The summed E-state index contributed by atoms with van der Waals surface area (Å²) >= 11 is 1.41. The largest absolute Gasteiger partial charge is 0.366 e. The summed E-state index contributed by atoms with van der Waals surface area (Å²) in [5.41, 5.74) is 2.70. The molecule has 0 unspecified atom stereocenters. The van der Waals surface area contributed by atoms with Gasteiger partial charge in [-0.1, -0.05) is 79.1 Å². The minimum Gasteiger partial charge on any atom is -0.366 e. The zero-order valence-electron chi connectivity index (χ0n) is 17.6. The Bertz CT molecular complexity index is 947. The lowest BCUT2D eigenvalue weighted by Crippen LogP contribution is -2.38. The predicted octanol–water partition coefficient (Wildman–Crippen LogP) is 5.13. The van der Waals surface area contributed by atoms with Crippen LogP contribution in [0.25, 0.3) is 0 Å². The van der Waals surface area contributed by atoms with E-state index in [1.165, 1.54) is 41.5 Å². The van der Waals surface area contributed by atoms with Gasteiger partial charge >= 0.3 is 0 Å². The van der Waals surface area contributed by atoms with Crippen LogP contribution in [0, 0.1) is 6.92 Å². The Morgan fingerprint density at radius 2 is 1.60 bits per heavy atom. The van der Waals surface area contributed by atoms with Crippen molar-refractivity contribution in [1.82, 2.24) is 9.80 Å². The Hall–Kier alpha value is -2.53. The van der Waals surface area contributed by atoms with Gasteiger partial charge in [-0.25, -0.2) is 0 Å². The third-order valence-corrected chi connectivity index (χ3v) is 7.08. The van der Waals surface area contributed by atoms with Crippen LogP contribution in [0.2, 0.25) is 0 Å². The molecule has 2 amide bonds. The highest BCUT2D eigenvalue weighted by molar-refractivity contribution is 8.04. The van der Waals surface area contributed by atoms with Gasteiger partial charge in [-0.3, -0.25) is 14.5 Å². The van der Waals surface area contributed by atoms with Crippen molar-refractivity contribution in [2.24, 2.45) is 0 Å². The standard InChI is InChI=1S/C25H28N2O2S/c1-18-13-15-21(16-14-18)30-23-22(26(2)20-11-7-4-8-12-20)24(28)27(25(23)29)17-19-9-5-3-6-10-19/h3,5-6,9-10,13-16,20H,4,7-8,11-12,17H2,1-2H3. The molecule has 1 aliphatic carbocycles. The molecule has 4 rings (SSSR count). The molecule has 1 aliphatic heterocycles. The van der Waals surface area contributed by atoms with Crippen molar-refractivity contribution in [2.75, 3.05) is 7.05 Å². The van der Waals surface area contributed by atoms with Crippen LogP contribution in [0.1, 0.15) is 43.2 Å². The number of thioether (sulfide) groups is 1. The van der Waals surface area contributed by atoms with Gasteiger partial charge in [0.2, 0.25) is 0 Å². The molecule has 2 aromatic carbocycles. The fourth-order valence-corrected chi connectivity index (χ4v) is 5.26. The summed E-state index contributed by atoms with van der Waals surface area (Å²) in [6.45, 7) is 2.35. The molecule has 0 spiro atoms. The second kappa shape index (κ2) is 9.09. The number of likely N-dealkylation sites (N-methyl/N-ethyl adjacent to an activating group) is 1. The molecule has 4 nitrogen and oxygen atoms in total. The van der Waals surface area contributed by atoms with Crippen molar-refractivity contribution in [3.63, 3.8) is 0 Å². The normalized spacial score (nSPS) is 17.7. The van der Waals surface area contributed by atoms with Gasteiger partial charge in [0.25, 0.3) is 11.8 Å². The average Bonchev–Trinajstić information content (AvgIpc) is 3.00. The van der Waals surface area contributed by atoms with E-state index in [1.54, 1.807) is 0 Å². The summed E-state index contributed by atoms with van der Waals surface area (Å²) in [6, 6.07) is 18.1. The van der Waals surface area contributed by atoms with Crippen LogP contribution >= 0.6 is 11.8 Å². The number of carbonyl (C=O) groups is 2. The molecule has 1 fully saturated rings. The molecule has 30 heavy (non-hydrogen) atoms. The van der Waals surface area contributed by atoms with E-state index in [1.807, 2.05) is 68.6 Å². The van der Waals surface area contributed by atoms with Crippen LogP contribution in [0.3, 0.4) is 0 Å². The monoisotopic (exact) mass is 420 g/mol. The van der Waals surface area contributed by atoms with E-state index in [0.29, 0.717) is 23.2 Å². The van der Waals surface area contributed by atoms with Crippen LogP contribution in [0.15, 0.2) is 70.1 Å². The lowest BCUT2D eigenvalue weighted by Gasteiger charge is -2.33. The highest BCUT2D eigenvalue weighted by atomic mass is 32.2. The van der Waals surface area contributed by atoms with Crippen molar-refractivity contribution in [3.8, 4) is 0 Å². The number of benzene rings is 2. The Morgan fingerprint density at radius 1 is 0.933 bits per heavy atom. The van der Waals surface area contributed by atoms with E-state index in [2.05, 4.69) is 4.90 Å². The third-order valence-electron chi connectivity index (χ3n) is 6.00. The SMILES string of the molecule is Cc1ccc(SC2=C(N(C)C3CCCCC3)C(=O)N(Cc3ccccc3)C2=O)cc1. The van der Waals surface area contributed by atoms with Gasteiger partial charge in [-0.05, 0) is 37.5 Å². The molecule has 2 aliphatic rings. The van der Waals surface area contributed by atoms with Gasteiger partial charge < -0.3 is 4.90 Å². The molecule has 1 heterocycles. The maximum absolute atomic E-state index is 13.5. The van der Waals surface area contributed by atoms with E-state index in [9.17, 15) is 9.59 Å². The number of rotatable bonds is 6. The maximum atomic E-state index is 13.5. The van der Waals surface area contributed by atoms with Crippen LogP contribution in [-0.4, -0.2) is 34.7 Å². The second-order valence-corrected chi connectivity index (χ2v) is 9.26. The van der Waals surface area contributed by atoms with Gasteiger partial charge in [0.1, 0.15) is 10.6 Å². The Balaban J connectivity index is 1.66. The van der Waals surface area contributed by atoms with Crippen molar-refractivity contribution in [1.29, 1.82) is 0 Å². The molecule has 0 radical (unpaired) electrons. The third kappa shape index (κ3) is 4.31. The lowest BCUT2D eigenvalue weighted by molar-refractivity contribution is -0.138. The first-order valence-electron chi connectivity index (χ1n) is 10.7. The van der Waals surface area contributed by atoms with Crippen molar-refractivity contribution in [2.45, 2.75) is 56.5 Å². The van der Waals surface area contributed by atoms with Crippen LogP contribution in [0.5, 0.6) is 0 Å². The van der Waals surface area contributed by atoms with Crippen molar-refractivity contribution in [3.05, 3.63) is 76.3 Å². The fraction of sp³-hybridized carbons (Fsp3) is 0.360. The number of hydrogen-bond acceptors (Lipinski definition) is 4. The average molecular weight is 421 g/mol. The second-order valence-electron chi connectivity index (χ2n) is 8.18. The van der Waals surface area contributed by atoms with Gasteiger partial charge in [-0.2, -0.15) is 0 Å². The molecular weight excluding hydrogens is 392 g/mol. The first-order valence-corrected chi connectivity index (χ1v) is 11.5. The Labute approximate surface area is 182 Å². The number of aryl methyl sites for hydroxylation is 1. The number of nitrogens with zero attached hydrogens (tertiary/aromatic N) is 2. The minimum absolute atomic E-state index is 0.175. The molecule has 156 valence electrons. The van der Waals surface area contributed by atoms with Crippen LogP contribution in [-0.2, 0) is 16.1 Å². The van der Waals surface area contributed by atoms with Gasteiger partial charge in [0, 0.05) is 18.0 Å². The lowest BCUT2D eigenvalue weighted by atomic mass is 9.94. The Morgan fingerprint density at radius 3 is 2.27 bits per heavy atom. The molecule has 0 saturated heterocycles. The first kappa shape index (κ1) is 20.7. The van der Waals surface area contributed by atoms with Gasteiger partial charge in [-0.15, -0.1) is 0 Å². The minimum atomic E-state index is -0.188. The predicted molar refractivity (Wildman–Crippen MR) is 121 cm³/mol. The van der Waals surface area contributed by atoms with Gasteiger partial charge in [0.15, 0.2) is 0 Å². The smallest absolute Gasteiger partial charge is 0.278 e. The summed E-state index contributed by atoms with van der Waals surface area (Å²) in [7, 11) is 1.98. The molecular formula is C25H28N2O2S. The van der Waals surface area contributed by atoms with E-state index < -0.39 is 0 Å². The van der Waals surface area contributed by atoms with E-state index in [0.717, 1.165) is 23.3 Å². The quantitative estimate of drug-likeness (QED) is 0.607. The van der Waals surface area contributed by atoms with E-state index in [4.69, 9.17) is 0 Å². The van der Waals surface area contributed by atoms with E-state index >= 15 is 0 Å². The summed E-state index contributed by atoms with van der Waals surface area (Å²) in [5, 5.41) is 0. The van der Waals surface area contributed by atoms with Crippen LogP contribution in [0.4, 0.5) is 0 Å². The molecule has 1 saturated carbocycles. The van der Waals surface area contributed by atoms with Crippen LogP contribution < -0.4 is 0 Å². The zero-order chi connectivity index (χ0) is 21.1. The summed E-state index contributed by atoms with van der Waals surface area (Å²) < 4.78 is 0. The van der Waals surface area contributed by atoms with Crippen molar-refractivity contribution < 1.29 is 9.59 Å². The molecule has 0 N–H and O–H groups in total. The molecule has 0 aromatic heterocycles. The molecule has 5 heteroatoms. The first-order chi connectivity index (χ1) is 14.5. The highest BCUT2D eigenvalue weighted by Gasteiger charge is 2.42. The Kier molecular flexibility index (Phi) is 6.28. The maximum Gasteiger partial charge on any atom is 0.278 e. The molecule has 0 bridgehead atoms. The number of imide groups is 1. The topological polar surface area (TPSA) is 40.6 Å². The van der Waals surface area contributed by atoms with Crippen molar-refractivity contribution >= 4 is 23.6 Å². The number of carbonyl (C=O) groups excluding carboxylic acids is 2. The zero-order valence-corrected chi connectivity index (χ0v) is 18.5. The summed E-state index contributed by atoms with van der Waals surface area (Å²) in [4.78, 5) is 31.9. The molecule has 0 atom stereocenters. The summed E-state index contributed by atoms with van der Waals surface area (Å²) in [6.07, 6.45) is 5.75. The number of amides is 2. The number of hydrogen-bond donors (Lipinski definition) is 0. The van der Waals surface area contributed by atoms with E-state index in [-0.39, 0.29) is 11.8 Å².